The second-order valence-electron chi connectivity index (χ2n) is 5.28. The molecule has 8 heteroatoms. The van der Waals surface area contributed by atoms with Gasteiger partial charge in [0.25, 0.3) is 5.91 Å². The molecule has 3 amide bonds. The summed E-state index contributed by atoms with van der Waals surface area (Å²) in [6.45, 7) is -0.156. The Kier molecular flexibility index (Phi) is 6.01. The van der Waals surface area contributed by atoms with Crippen molar-refractivity contribution >= 4 is 46.6 Å². The van der Waals surface area contributed by atoms with Crippen LogP contribution < -0.4 is 11.1 Å². The maximum absolute atomic E-state index is 12.3. The van der Waals surface area contributed by atoms with Crippen LogP contribution in [0.4, 0.5) is 5.69 Å². The number of nitrogens with two attached hydrogens (primary N) is 1. The summed E-state index contributed by atoms with van der Waals surface area (Å²) < 4.78 is 0. The molecule has 0 aliphatic carbocycles. The van der Waals surface area contributed by atoms with Gasteiger partial charge in [-0.2, -0.15) is 0 Å². The monoisotopic (exact) mass is 379 g/mol. The average molecular weight is 380 g/mol. The lowest BCUT2D eigenvalue weighted by molar-refractivity contribution is -0.116. The van der Waals surface area contributed by atoms with Gasteiger partial charge in [-0.1, -0.05) is 23.2 Å². The van der Waals surface area contributed by atoms with E-state index in [4.69, 9.17) is 28.9 Å². The highest BCUT2D eigenvalue weighted by molar-refractivity contribution is 6.42. The van der Waals surface area contributed by atoms with Gasteiger partial charge < -0.3 is 16.0 Å². The summed E-state index contributed by atoms with van der Waals surface area (Å²) in [5, 5.41) is 3.33. The lowest BCUT2D eigenvalue weighted by atomic mass is 10.1. The highest BCUT2D eigenvalue weighted by atomic mass is 35.5. The number of amides is 3. The molecular formula is C17H15Cl2N3O3. The Hall–Kier alpha value is -2.57. The van der Waals surface area contributed by atoms with E-state index in [-0.39, 0.29) is 18.4 Å². The van der Waals surface area contributed by atoms with E-state index < -0.39 is 5.91 Å². The summed E-state index contributed by atoms with van der Waals surface area (Å²) in [5.41, 5.74) is 6.28. The Morgan fingerprint density at radius 1 is 1.00 bits per heavy atom. The fourth-order valence-electron chi connectivity index (χ4n) is 2.06. The topological polar surface area (TPSA) is 92.5 Å². The molecule has 3 N–H and O–H groups in total. The van der Waals surface area contributed by atoms with Gasteiger partial charge in [0.2, 0.25) is 11.8 Å². The molecular weight excluding hydrogens is 365 g/mol. The number of primary amides is 1. The van der Waals surface area contributed by atoms with Crippen molar-refractivity contribution in [1.82, 2.24) is 4.90 Å². The van der Waals surface area contributed by atoms with Crippen LogP contribution in [0.3, 0.4) is 0 Å². The molecule has 2 rings (SSSR count). The van der Waals surface area contributed by atoms with Crippen LogP contribution in [-0.4, -0.2) is 36.2 Å². The van der Waals surface area contributed by atoms with E-state index in [1.54, 1.807) is 12.1 Å². The van der Waals surface area contributed by atoms with Crippen LogP contribution in [0.25, 0.3) is 0 Å². The summed E-state index contributed by atoms with van der Waals surface area (Å²) in [6, 6.07) is 10.6. The van der Waals surface area contributed by atoms with Crippen LogP contribution in [0.2, 0.25) is 10.0 Å². The Balaban J connectivity index is 1.98. The van der Waals surface area contributed by atoms with Crippen molar-refractivity contribution in [1.29, 1.82) is 0 Å². The maximum atomic E-state index is 12.3. The smallest absolute Gasteiger partial charge is 0.254 e. The standard InChI is InChI=1S/C17H15Cl2N3O3/c1-22(17(25)11-4-2-10(3-5-11)16(20)24)9-15(23)21-12-6-7-13(18)14(19)8-12/h2-8H,9H2,1H3,(H2,20,24)(H,21,23). The van der Waals surface area contributed by atoms with Crippen molar-refractivity contribution in [2.45, 2.75) is 0 Å². The lowest BCUT2D eigenvalue weighted by Gasteiger charge is -2.17. The van der Waals surface area contributed by atoms with Gasteiger partial charge in [-0.15, -0.1) is 0 Å². The Morgan fingerprint density at radius 2 is 1.60 bits per heavy atom. The zero-order valence-electron chi connectivity index (χ0n) is 13.3. The molecule has 0 bridgehead atoms. The van der Waals surface area contributed by atoms with Crippen molar-refractivity contribution in [3.8, 4) is 0 Å². The SMILES string of the molecule is CN(CC(=O)Nc1ccc(Cl)c(Cl)c1)C(=O)c1ccc(C(N)=O)cc1. The Bertz CT molecular complexity index is 822. The van der Waals surface area contributed by atoms with E-state index in [2.05, 4.69) is 5.32 Å². The number of rotatable bonds is 5. The quantitative estimate of drug-likeness (QED) is 0.836. The number of nitrogens with one attached hydrogen (secondary N) is 1. The van der Waals surface area contributed by atoms with Gasteiger partial charge in [0, 0.05) is 23.9 Å². The fraction of sp³-hybridized carbons (Fsp3) is 0.118. The third-order valence-electron chi connectivity index (χ3n) is 3.35. The molecule has 0 spiro atoms. The van der Waals surface area contributed by atoms with Gasteiger partial charge in [-0.05, 0) is 42.5 Å². The van der Waals surface area contributed by atoms with E-state index in [9.17, 15) is 14.4 Å². The number of anilines is 1. The zero-order valence-corrected chi connectivity index (χ0v) is 14.8. The number of hydrogen-bond acceptors (Lipinski definition) is 3. The van der Waals surface area contributed by atoms with E-state index in [0.29, 0.717) is 26.9 Å². The van der Waals surface area contributed by atoms with E-state index >= 15 is 0 Å². The van der Waals surface area contributed by atoms with Crippen LogP contribution in [0, 0.1) is 0 Å². The van der Waals surface area contributed by atoms with Gasteiger partial charge in [-0.25, -0.2) is 0 Å². The first-order valence-electron chi connectivity index (χ1n) is 7.18. The second-order valence-corrected chi connectivity index (χ2v) is 6.09. The van der Waals surface area contributed by atoms with Crippen molar-refractivity contribution in [2.24, 2.45) is 5.73 Å². The number of benzene rings is 2. The molecule has 6 nitrogen and oxygen atoms in total. The van der Waals surface area contributed by atoms with Gasteiger partial charge >= 0.3 is 0 Å². The second kappa shape index (κ2) is 8.00. The molecule has 0 fully saturated rings. The minimum absolute atomic E-state index is 0.156. The highest BCUT2D eigenvalue weighted by Gasteiger charge is 2.15. The van der Waals surface area contributed by atoms with Crippen LogP contribution in [0.5, 0.6) is 0 Å². The number of likely N-dealkylation sites (N-methyl/N-ethyl adjacent to an activating group) is 1. The van der Waals surface area contributed by atoms with Crippen molar-refractivity contribution in [2.75, 3.05) is 18.9 Å². The predicted octanol–water partition coefficient (Wildman–Crippen LogP) is 2.80. The molecule has 2 aromatic carbocycles. The molecule has 130 valence electrons. The number of halogens is 2. The number of carbonyl (C=O) groups excluding carboxylic acids is 3. The largest absolute Gasteiger partial charge is 0.366 e. The molecule has 0 radical (unpaired) electrons. The molecule has 0 aliphatic rings. The Labute approximate surface area is 154 Å². The van der Waals surface area contributed by atoms with Gasteiger partial charge in [0.1, 0.15) is 0 Å². The fourth-order valence-corrected chi connectivity index (χ4v) is 2.36. The normalized spacial score (nSPS) is 10.2. The molecule has 0 aromatic heterocycles. The highest BCUT2D eigenvalue weighted by Crippen LogP contribution is 2.24. The summed E-state index contributed by atoms with van der Waals surface area (Å²) in [5.74, 6) is -1.32. The number of carbonyl (C=O) groups is 3. The summed E-state index contributed by atoms with van der Waals surface area (Å²) in [6.07, 6.45) is 0. The minimum atomic E-state index is -0.576. The van der Waals surface area contributed by atoms with Gasteiger partial charge in [0.05, 0.1) is 16.6 Å². The molecule has 0 saturated heterocycles. The molecule has 0 atom stereocenters. The Morgan fingerprint density at radius 3 is 2.16 bits per heavy atom. The molecule has 2 aromatic rings. The molecule has 25 heavy (non-hydrogen) atoms. The molecule has 0 unspecified atom stereocenters. The van der Waals surface area contributed by atoms with Gasteiger partial charge in [-0.3, -0.25) is 14.4 Å². The van der Waals surface area contributed by atoms with Crippen molar-refractivity contribution < 1.29 is 14.4 Å². The molecule has 0 heterocycles. The first kappa shape index (κ1) is 18.8. The predicted molar refractivity (Wildman–Crippen MR) is 97.0 cm³/mol. The first-order valence-corrected chi connectivity index (χ1v) is 7.93. The summed E-state index contributed by atoms with van der Waals surface area (Å²) in [7, 11) is 1.50. The van der Waals surface area contributed by atoms with E-state index in [0.717, 1.165) is 0 Å². The third kappa shape index (κ3) is 4.95. The van der Waals surface area contributed by atoms with Crippen LogP contribution in [0.15, 0.2) is 42.5 Å². The van der Waals surface area contributed by atoms with Crippen molar-refractivity contribution in [3.63, 3.8) is 0 Å². The summed E-state index contributed by atoms with van der Waals surface area (Å²) >= 11 is 11.7. The van der Waals surface area contributed by atoms with Crippen LogP contribution in [-0.2, 0) is 4.79 Å². The zero-order chi connectivity index (χ0) is 18.6. The number of nitrogens with zero attached hydrogens (tertiary/aromatic N) is 1. The van der Waals surface area contributed by atoms with E-state index in [1.165, 1.54) is 42.3 Å². The molecule has 0 aliphatic heterocycles. The summed E-state index contributed by atoms with van der Waals surface area (Å²) in [4.78, 5) is 36.7. The van der Waals surface area contributed by atoms with E-state index in [1.807, 2.05) is 0 Å². The maximum Gasteiger partial charge on any atom is 0.254 e. The molecule has 0 saturated carbocycles. The third-order valence-corrected chi connectivity index (χ3v) is 4.09. The van der Waals surface area contributed by atoms with Crippen molar-refractivity contribution in [3.05, 3.63) is 63.6 Å². The average Bonchev–Trinajstić information content (AvgIpc) is 2.57. The lowest BCUT2D eigenvalue weighted by Crippen LogP contribution is -2.34. The van der Waals surface area contributed by atoms with Gasteiger partial charge in [0.15, 0.2) is 0 Å². The number of hydrogen-bond donors (Lipinski definition) is 2. The first-order chi connectivity index (χ1) is 11.8. The van der Waals surface area contributed by atoms with Crippen LogP contribution >= 0.6 is 23.2 Å². The minimum Gasteiger partial charge on any atom is -0.366 e. The van der Waals surface area contributed by atoms with Crippen LogP contribution in [0.1, 0.15) is 20.7 Å².